The van der Waals surface area contributed by atoms with Crippen molar-refractivity contribution in [3.05, 3.63) is 28.3 Å². The van der Waals surface area contributed by atoms with Gasteiger partial charge in [0.25, 0.3) is 0 Å². The molecule has 0 amide bonds. The van der Waals surface area contributed by atoms with E-state index in [4.69, 9.17) is 16.3 Å². The molecule has 0 spiro atoms. The first-order valence-electron chi connectivity index (χ1n) is 4.40. The molecule has 0 radical (unpaired) electrons. The van der Waals surface area contributed by atoms with Crippen molar-refractivity contribution in [1.29, 1.82) is 0 Å². The largest absolute Gasteiger partial charge is 0.496 e. The summed E-state index contributed by atoms with van der Waals surface area (Å²) in [5.74, 6) is 1.34. The smallest absolute Gasteiger partial charge is 0.122 e. The van der Waals surface area contributed by atoms with E-state index in [0.717, 1.165) is 21.9 Å². The number of aryl methyl sites for hydroxylation is 1. The van der Waals surface area contributed by atoms with Crippen LogP contribution in [0.15, 0.2) is 12.1 Å². The van der Waals surface area contributed by atoms with E-state index < -0.39 is 0 Å². The van der Waals surface area contributed by atoms with E-state index >= 15 is 0 Å². The molecule has 0 aliphatic heterocycles. The van der Waals surface area contributed by atoms with Gasteiger partial charge in [0.15, 0.2) is 0 Å². The van der Waals surface area contributed by atoms with Gasteiger partial charge in [-0.25, -0.2) is 0 Å². The van der Waals surface area contributed by atoms with E-state index in [2.05, 4.69) is 13.8 Å². The van der Waals surface area contributed by atoms with Gasteiger partial charge < -0.3 is 4.74 Å². The molecule has 72 valence electrons. The van der Waals surface area contributed by atoms with E-state index in [1.165, 1.54) is 0 Å². The van der Waals surface area contributed by atoms with Crippen molar-refractivity contribution in [3.8, 4) is 5.75 Å². The maximum Gasteiger partial charge on any atom is 0.122 e. The summed E-state index contributed by atoms with van der Waals surface area (Å²) in [6, 6.07) is 3.97. The first-order chi connectivity index (χ1) is 6.06. The molecule has 1 rings (SSSR count). The summed E-state index contributed by atoms with van der Waals surface area (Å²) in [5, 5.41) is 0.827. The second kappa shape index (κ2) is 4.01. The molecular formula is C11H15ClO. The normalized spacial score (nSPS) is 10.6. The van der Waals surface area contributed by atoms with Crippen molar-refractivity contribution in [2.75, 3.05) is 7.11 Å². The van der Waals surface area contributed by atoms with Crippen LogP contribution >= 0.6 is 11.6 Å². The molecule has 0 atom stereocenters. The fourth-order valence-corrected chi connectivity index (χ4v) is 1.77. The molecule has 1 aromatic rings. The molecule has 0 aromatic heterocycles. The lowest BCUT2D eigenvalue weighted by molar-refractivity contribution is 0.411. The number of halogens is 1. The summed E-state index contributed by atoms with van der Waals surface area (Å²) >= 11 is 6.10. The van der Waals surface area contributed by atoms with Gasteiger partial charge in [-0.3, -0.25) is 0 Å². The Morgan fingerprint density at radius 2 is 1.92 bits per heavy atom. The van der Waals surface area contributed by atoms with Crippen molar-refractivity contribution in [1.82, 2.24) is 0 Å². The van der Waals surface area contributed by atoms with Crippen molar-refractivity contribution in [2.45, 2.75) is 26.7 Å². The fraction of sp³-hybridized carbons (Fsp3) is 0.455. The number of rotatable bonds is 2. The van der Waals surface area contributed by atoms with Gasteiger partial charge in [0, 0.05) is 5.02 Å². The van der Waals surface area contributed by atoms with Gasteiger partial charge in [-0.1, -0.05) is 25.4 Å². The zero-order valence-corrected chi connectivity index (χ0v) is 9.27. The Balaban J connectivity index is 3.22. The van der Waals surface area contributed by atoms with Gasteiger partial charge in [0.2, 0.25) is 0 Å². The van der Waals surface area contributed by atoms with Crippen LogP contribution in [0.1, 0.15) is 30.9 Å². The Kier molecular flexibility index (Phi) is 3.21. The topological polar surface area (TPSA) is 9.23 Å². The summed E-state index contributed by atoms with van der Waals surface area (Å²) in [6.45, 7) is 6.24. The number of hydrogen-bond donors (Lipinski definition) is 0. The molecule has 0 saturated carbocycles. The Morgan fingerprint density at radius 3 is 2.38 bits per heavy atom. The van der Waals surface area contributed by atoms with Gasteiger partial charge in [0.05, 0.1) is 7.11 Å². The van der Waals surface area contributed by atoms with E-state index in [-0.39, 0.29) is 0 Å². The Bertz CT molecular complexity index is 305. The molecule has 0 unspecified atom stereocenters. The third kappa shape index (κ3) is 2.16. The minimum Gasteiger partial charge on any atom is -0.496 e. The van der Waals surface area contributed by atoms with Crippen LogP contribution in [0.4, 0.5) is 0 Å². The van der Waals surface area contributed by atoms with Crippen LogP contribution in [0.3, 0.4) is 0 Å². The fourth-order valence-electron chi connectivity index (χ4n) is 1.33. The molecule has 0 saturated heterocycles. The molecule has 0 heterocycles. The molecule has 0 fully saturated rings. The Morgan fingerprint density at radius 1 is 1.31 bits per heavy atom. The van der Waals surface area contributed by atoms with Gasteiger partial charge in [-0.05, 0) is 36.1 Å². The zero-order valence-electron chi connectivity index (χ0n) is 8.52. The van der Waals surface area contributed by atoms with Crippen LogP contribution in [-0.2, 0) is 0 Å². The number of methoxy groups -OCH3 is 1. The van der Waals surface area contributed by atoms with Crippen LogP contribution in [0.5, 0.6) is 5.75 Å². The Hall–Kier alpha value is -0.690. The molecule has 0 aliphatic carbocycles. The standard InChI is InChI=1S/C11H15ClO/c1-7(2)9-6-11(13-4)8(3)5-10(9)12/h5-7H,1-4H3. The van der Waals surface area contributed by atoms with Crippen LogP contribution in [0.2, 0.25) is 5.02 Å². The molecule has 0 bridgehead atoms. The predicted octanol–water partition coefficient (Wildman–Crippen LogP) is 3.78. The predicted molar refractivity (Wildman–Crippen MR) is 56.8 cm³/mol. The molecule has 2 heteroatoms. The number of ether oxygens (including phenoxy) is 1. The highest BCUT2D eigenvalue weighted by Gasteiger charge is 2.08. The molecular weight excluding hydrogens is 184 g/mol. The minimum absolute atomic E-state index is 0.432. The second-order valence-corrected chi connectivity index (χ2v) is 3.91. The first kappa shape index (κ1) is 10.4. The van der Waals surface area contributed by atoms with Crippen molar-refractivity contribution in [3.63, 3.8) is 0 Å². The van der Waals surface area contributed by atoms with Gasteiger partial charge >= 0.3 is 0 Å². The molecule has 13 heavy (non-hydrogen) atoms. The minimum atomic E-state index is 0.432. The van der Waals surface area contributed by atoms with Gasteiger partial charge in [0.1, 0.15) is 5.75 Å². The highest BCUT2D eigenvalue weighted by Crippen LogP contribution is 2.30. The second-order valence-electron chi connectivity index (χ2n) is 3.50. The van der Waals surface area contributed by atoms with E-state index in [9.17, 15) is 0 Å². The highest BCUT2D eigenvalue weighted by atomic mass is 35.5. The van der Waals surface area contributed by atoms with Gasteiger partial charge in [-0.15, -0.1) is 0 Å². The summed E-state index contributed by atoms with van der Waals surface area (Å²) in [7, 11) is 1.68. The van der Waals surface area contributed by atoms with E-state index in [1.54, 1.807) is 7.11 Å². The SMILES string of the molecule is COc1cc(C(C)C)c(Cl)cc1C. The summed E-state index contributed by atoms with van der Waals surface area (Å²) in [6.07, 6.45) is 0. The quantitative estimate of drug-likeness (QED) is 0.703. The van der Waals surface area contributed by atoms with E-state index in [0.29, 0.717) is 5.92 Å². The Labute approximate surface area is 84.7 Å². The van der Waals surface area contributed by atoms with Crippen molar-refractivity contribution >= 4 is 11.6 Å². The monoisotopic (exact) mass is 198 g/mol. The molecule has 0 aliphatic rings. The average Bonchev–Trinajstić information content (AvgIpc) is 2.03. The maximum absolute atomic E-state index is 6.10. The van der Waals surface area contributed by atoms with Crippen LogP contribution in [-0.4, -0.2) is 7.11 Å². The van der Waals surface area contributed by atoms with Gasteiger partial charge in [-0.2, -0.15) is 0 Å². The third-order valence-electron chi connectivity index (χ3n) is 2.14. The average molecular weight is 199 g/mol. The highest BCUT2D eigenvalue weighted by molar-refractivity contribution is 6.31. The zero-order chi connectivity index (χ0) is 10.0. The maximum atomic E-state index is 6.10. The lowest BCUT2D eigenvalue weighted by Gasteiger charge is -2.12. The van der Waals surface area contributed by atoms with Crippen molar-refractivity contribution < 1.29 is 4.74 Å². The summed E-state index contributed by atoms with van der Waals surface area (Å²) < 4.78 is 5.23. The molecule has 1 aromatic carbocycles. The van der Waals surface area contributed by atoms with Crippen LogP contribution < -0.4 is 4.74 Å². The van der Waals surface area contributed by atoms with Crippen LogP contribution in [0.25, 0.3) is 0 Å². The lowest BCUT2D eigenvalue weighted by atomic mass is 10.0. The molecule has 0 N–H and O–H groups in total. The van der Waals surface area contributed by atoms with Crippen LogP contribution in [0, 0.1) is 6.92 Å². The number of hydrogen-bond acceptors (Lipinski definition) is 1. The summed E-state index contributed by atoms with van der Waals surface area (Å²) in [4.78, 5) is 0. The lowest BCUT2D eigenvalue weighted by Crippen LogP contribution is -1.93. The molecule has 1 nitrogen and oxygen atoms in total. The first-order valence-corrected chi connectivity index (χ1v) is 4.78. The van der Waals surface area contributed by atoms with Crippen molar-refractivity contribution in [2.24, 2.45) is 0 Å². The van der Waals surface area contributed by atoms with E-state index in [1.807, 2.05) is 19.1 Å². The number of benzene rings is 1. The summed E-state index contributed by atoms with van der Waals surface area (Å²) in [5.41, 5.74) is 2.22. The third-order valence-corrected chi connectivity index (χ3v) is 2.46.